The van der Waals surface area contributed by atoms with E-state index in [0.29, 0.717) is 17.6 Å². The topological polar surface area (TPSA) is 16.1 Å². The van der Waals surface area contributed by atoms with Crippen LogP contribution in [0.1, 0.15) is 0 Å². The van der Waals surface area contributed by atoms with Crippen LogP contribution in [-0.2, 0) is 0 Å². The average Bonchev–Trinajstić information content (AvgIpc) is 2.54. The summed E-state index contributed by atoms with van der Waals surface area (Å²) in [6, 6.07) is 0. The number of hydrogen-bond acceptors (Lipinski definition) is 3. The molecule has 0 aliphatic carbocycles. The first-order chi connectivity index (χ1) is 6.24. The number of rotatable bonds is 5. The van der Waals surface area contributed by atoms with Crippen molar-refractivity contribution in [3.63, 3.8) is 0 Å². The Morgan fingerprint density at radius 1 is 1.62 bits per heavy atom. The molecule has 0 saturated heterocycles. The first kappa shape index (κ1) is 10.7. The van der Waals surface area contributed by atoms with Gasteiger partial charge >= 0.3 is 0 Å². The largest absolute Gasteiger partial charge is 0.341 e. The lowest BCUT2D eigenvalue weighted by Crippen LogP contribution is -2.30. The summed E-state index contributed by atoms with van der Waals surface area (Å²) < 4.78 is 24.2. The molecule has 0 radical (unpaired) electrons. The molecule has 74 valence electrons. The van der Waals surface area contributed by atoms with E-state index < -0.39 is 6.43 Å². The number of aromatic nitrogens is 1. The summed E-state index contributed by atoms with van der Waals surface area (Å²) in [5.41, 5.74) is 0. The van der Waals surface area contributed by atoms with Crippen LogP contribution in [0.5, 0.6) is 0 Å². The molecule has 0 aliphatic rings. The highest BCUT2D eigenvalue weighted by molar-refractivity contribution is 7.13. The second-order valence-corrected chi connectivity index (χ2v) is 3.59. The van der Waals surface area contributed by atoms with Crippen molar-refractivity contribution in [1.29, 1.82) is 0 Å². The fourth-order valence-electron chi connectivity index (χ4n) is 0.906. The standard InChI is InChI=1S/C7H9ClF2N2S/c8-1-3-12(5-6(9)10)7-11-2-4-13-7/h2,4,6H,1,3,5H2. The van der Waals surface area contributed by atoms with Gasteiger partial charge in [0.25, 0.3) is 6.43 Å². The number of anilines is 1. The Morgan fingerprint density at radius 3 is 2.85 bits per heavy atom. The Morgan fingerprint density at radius 2 is 2.38 bits per heavy atom. The zero-order valence-electron chi connectivity index (χ0n) is 6.79. The maximum atomic E-state index is 12.1. The molecule has 1 aromatic rings. The monoisotopic (exact) mass is 226 g/mol. The van der Waals surface area contributed by atoms with Crippen LogP contribution in [0.3, 0.4) is 0 Å². The predicted octanol–water partition coefficient (Wildman–Crippen LogP) is 2.45. The van der Waals surface area contributed by atoms with Crippen LogP contribution in [0.15, 0.2) is 11.6 Å². The second-order valence-electron chi connectivity index (χ2n) is 2.34. The number of thiazole rings is 1. The fraction of sp³-hybridized carbons (Fsp3) is 0.571. The molecule has 2 nitrogen and oxygen atoms in total. The van der Waals surface area contributed by atoms with Crippen molar-refractivity contribution in [3.05, 3.63) is 11.6 Å². The highest BCUT2D eigenvalue weighted by Gasteiger charge is 2.13. The van der Waals surface area contributed by atoms with Crippen LogP contribution in [0.25, 0.3) is 0 Å². The Bertz CT molecular complexity index is 230. The molecule has 0 spiro atoms. The first-order valence-electron chi connectivity index (χ1n) is 3.72. The molecule has 6 heteroatoms. The van der Waals surface area contributed by atoms with E-state index in [-0.39, 0.29) is 6.54 Å². The maximum absolute atomic E-state index is 12.1. The van der Waals surface area contributed by atoms with Gasteiger partial charge in [0, 0.05) is 24.0 Å². The molecule has 0 aromatic carbocycles. The van der Waals surface area contributed by atoms with E-state index >= 15 is 0 Å². The number of alkyl halides is 3. The van der Waals surface area contributed by atoms with Gasteiger partial charge in [-0.25, -0.2) is 13.8 Å². The third-order valence-corrected chi connectivity index (χ3v) is 2.40. The molecule has 0 bridgehead atoms. The van der Waals surface area contributed by atoms with Gasteiger partial charge in [-0.1, -0.05) is 0 Å². The summed E-state index contributed by atoms with van der Waals surface area (Å²) in [5.74, 6) is 0.326. The molecule has 0 saturated carbocycles. The smallest absolute Gasteiger partial charge is 0.255 e. The molecule has 0 N–H and O–H groups in total. The van der Waals surface area contributed by atoms with Gasteiger partial charge in [0.1, 0.15) is 0 Å². The molecule has 1 rings (SSSR count). The molecular formula is C7H9ClF2N2S. The quantitative estimate of drug-likeness (QED) is 0.717. The molecule has 0 atom stereocenters. The van der Waals surface area contributed by atoms with Crippen LogP contribution in [-0.4, -0.2) is 30.4 Å². The minimum atomic E-state index is -2.35. The third-order valence-electron chi connectivity index (χ3n) is 1.40. The minimum absolute atomic E-state index is 0.305. The molecule has 0 fully saturated rings. The molecule has 0 unspecified atom stereocenters. The van der Waals surface area contributed by atoms with Crippen LogP contribution in [0, 0.1) is 0 Å². The maximum Gasteiger partial charge on any atom is 0.255 e. The lowest BCUT2D eigenvalue weighted by molar-refractivity contribution is 0.155. The van der Waals surface area contributed by atoms with Gasteiger partial charge in [-0.3, -0.25) is 0 Å². The van der Waals surface area contributed by atoms with Crippen molar-refractivity contribution in [3.8, 4) is 0 Å². The van der Waals surface area contributed by atoms with E-state index in [1.54, 1.807) is 11.6 Å². The fourth-order valence-corrected chi connectivity index (χ4v) is 1.79. The van der Waals surface area contributed by atoms with Crippen LogP contribution in [0.4, 0.5) is 13.9 Å². The van der Waals surface area contributed by atoms with E-state index in [2.05, 4.69) is 4.98 Å². The van der Waals surface area contributed by atoms with E-state index in [9.17, 15) is 8.78 Å². The Hall–Kier alpha value is -0.420. The molecule has 1 aromatic heterocycles. The van der Waals surface area contributed by atoms with Crippen LogP contribution in [0.2, 0.25) is 0 Å². The second kappa shape index (κ2) is 5.34. The Kier molecular flexibility index (Phi) is 4.38. The summed E-state index contributed by atoms with van der Waals surface area (Å²) in [6.07, 6.45) is -0.765. The van der Waals surface area contributed by atoms with Crippen molar-refractivity contribution in [1.82, 2.24) is 4.98 Å². The van der Waals surface area contributed by atoms with Crippen molar-refractivity contribution in [2.45, 2.75) is 6.43 Å². The van der Waals surface area contributed by atoms with Crippen molar-refractivity contribution >= 4 is 28.1 Å². The predicted molar refractivity (Wildman–Crippen MR) is 51.1 cm³/mol. The van der Waals surface area contributed by atoms with Gasteiger partial charge in [0.2, 0.25) is 0 Å². The number of hydrogen-bond donors (Lipinski definition) is 0. The zero-order valence-corrected chi connectivity index (χ0v) is 8.36. The SMILES string of the molecule is FC(F)CN(CCCl)c1nccs1. The molecule has 1 heterocycles. The van der Waals surface area contributed by atoms with Gasteiger partial charge in [0.05, 0.1) is 6.54 Å². The number of nitrogens with zero attached hydrogens (tertiary/aromatic N) is 2. The normalized spacial score (nSPS) is 10.8. The Balaban J connectivity index is 2.57. The van der Waals surface area contributed by atoms with Gasteiger partial charge in [-0.2, -0.15) is 0 Å². The number of halogens is 3. The summed E-state index contributed by atoms with van der Waals surface area (Å²) >= 11 is 6.82. The van der Waals surface area contributed by atoms with Crippen LogP contribution >= 0.6 is 22.9 Å². The lowest BCUT2D eigenvalue weighted by atomic mass is 10.5. The molecule has 0 amide bonds. The van der Waals surface area contributed by atoms with E-state index in [0.717, 1.165) is 0 Å². The van der Waals surface area contributed by atoms with Crippen LogP contribution < -0.4 is 4.90 Å². The zero-order chi connectivity index (χ0) is 9.68. The van der Waals surface area contributed by atoms with Gasteiger partial charge < -0.3 is 4.90 Å². The van der Waals surface area contributed by atoms with E-state index in [4.69, 9.17) is 11.6 Å². The average molecular weight is 227 g/mol. The highest BCUT2D eigenvalue weighted by atomic mass is 35.5. The van der Waals surface area contributed by atoms with Crippen molar-refractivity contribution in [2.75, 3.05) is 23.9 Å². The molecule has 0 aliphatic heterocycles. The van der Waals surface area contributed by atoms with E-state index in [1.807, 2.05) is 0 Å². The summed E-state index contributed by atoms with van der Waals surface area (Å²) in [7, 11) is 0. The van der Waals surface area contributed by atoms with E-state index in [1.165, 1.54) is 16.2 Å². The summed E-state index contributed by atoms with van der Waals surface area (Å²) in [6.45, 7) is 0.0969. The first-order valence-corrected chi connectivity index (χ1v) is 5.14. The highest BCUT2D eigenvalue weighted by Crippen LogP contribution is 2.18. The van der Waals surface area contributed by atoms with Gasteiger partial charge in [-0.15, -0.1) is 22.9 Å². The third kappa shape index (κ3) is 3.44. The molecular weight excluding hydrogens is 218 g/mol. The van der Waals surface area contributed by atoms with Crippen molar-refractivity contribution < 1.29 is 8.78 Å². The molecule has 13 heavy (non-hydrogen) atoms. The minimum Gasteiger partial charge on any atom is -0.341 e. The van der Waals surface area contributed by atoms with Gasteiger partial charge in [0.15, 0.2) is 5.13 Å². The van der Waals surface area contributed by atoms with Gasteiger partial charge in [-0.05, 0) is 0 Å². The Labute approximate surface area is 84.1 Å². The lowest BCUT2D eigenvalue weighted by Gasteiger charge is -2.19. The summed E-state index contributed by atoms with van der Waals surface area (Å²) in [4.78, 5) is 5.43. The van der Waals surface area contributed by atoms with Crippen molar-refractivity contribution in [2.24, 2.45) is 0 Å². The summed E-state index contributed by atoms with van der Waals surface area (Å²) in [5, 5.41) is 2.35.